The fourth-order valence-electron chi connectivity index (χ4n) is 5.44. The van der Waals surface area contributed by atoms with E-state index >= 15 is 0 Å². The molecule has 47 heavy (non-hydrogen) atoms. The van der Waals surface area contributed by atoms with Crippen LogP contribution in [0.15, 0.2) is 66.7 Å². The third-order valence-electron chi connectivity index (χ3n) is 8.15. The molecule has 3 aromatic carbocycles. The Labute approximate surface area is 271 Å². The zero-order chi connectivity index (χ0) is 33.7. The molecule has 2 aliphatic rings. The summed E-state index contributed by atoms with van der Waals surface area (Å²) in [6.07, 6.45) is -8.30. The lowest BCUT2D eigenvalue weighted by Gasteiger charge is -2.39. The zero-order valence-corrected chi connectivity index (χ0v) is 25.9. The number of aliphatic hydroxyl groups is 3. The van der Waals surface area contributed by atoms with Gasteiger partial charge in [0.25, 0.3) is 11.8 Å². The summed E-state index contributed by atoms with van der Waals surface area (Å²) in [5.41, 5.74) is 1.68. The van der Waals surface area contributed by atoms with E-state index in [1.54, 1.807) is 36.4 Å². The molecule has 6 N–H and O–H groups in total. The van der Waals surface area contributed by atoms with Crippen LogP contribution in [0, 0.1) is 0 Å². The van der Waals surface area contributed by atoms with Gasteiger partial charge in [0.15, 0.2) is 18.5 Å². The standard InChI is InChI=1S/C33H38N4O10/c1-36-15-4-16-37(18-17-36)21-11-7-19(8-12-21)31(41)35-25-23(34-30(40)20-9-13-22(45-2)14-10-20)5-3-6-24(25)46-29-27(39)26(38)28(32(42)43)47-33(29)44/h3,5-14,26-29,33,38-39,44H,4,15-18H2,1-2H3,(H,34,40)(H,35,41)(H,42,43)/t26-,27-,28-,29+,33+/m0/s1. The van der Waals surface area contributed by atoms with Gasteiger partial charge in [0.05, 0.1) is 12.8 Å². The maximum Gasteiger partial charge on any atom is 0.335 e. The van der Waals surface area contributed by atoms with E-state index in [-0.39, 0.29) is 17.1 Å². The van der Waals surface area contributed by atoms with Gasteiger partial charge in [-0.3, -0.25) is 9.59 Å². The number of methoxy groups -OCH3 is 1. The molecule has 5 rings (SSSR count). The lowest BCUT2D eigenvalue weighted by Crippen LogP contribution is -2.61. The van der Waals surface area contributed by atoms with E-state index in [9.17, 15) is 34.8 Å². The summed E-state index contributed by atoms with van der Waals surface area (Å²) < 4.78 is 16.0. The van der Waals surface area contributed by atoms with Crippen LogP contribution in [0.25, 0.3) is 0 Å². The number of carboxylic acids is 1. The molecule has 14 heteroatoms. The number of benzene rings is 3. The van der Waals surface area contributed by atoms with E-state index in [2.05, 4.69) is 27.5 Å². The smallest absolute Gasteiger partial charge is 0.335 e. The number of amides is 2. The third kappa shape index (κ3) is 7.81. The first-order chi connectivity index (χ1) is 22.5. The van der Waals surface area contributed by atoms with Crippen LogP contribution in [0.1, 0.15) is 27.1 Å². The number of carboxylic acid groups (broad SMARTS) is 1. The molecule has 0 bridgehead atoms. The van der Waals surface area contributed by atoms with Gasteiger partial charge in [0, 0.05) is 36.4 Å². The Hall–Kier alpha value is -4.73. The number of carbonyl (C=O) groups excluding carboxylic acids is 2. The molecule has 2 fully saturated rings. The SMILES string of the molecule is COc1ccc(C(=O)Nc2cccc(O[C@@H]3[C@@H](O)[C@H](O)[C@@H](C(=O)O)O[C@H]3O)c2NC(=O)c2ccc(N3CCCN(C)CC3)cc2)cc1. The number of para-hydroxylation sites is 1. The number of likely N-dealkylation sites (N-methyl/N-ethyl adjacent to an activating group) is 1. The van der Waals surface area contributed by atoms with Crippen LogP contribution in [-0.2, 0) is 9.53 Å². The van der Waals surface area contributed by atoms with Crippen LogP contribution >= 0.6 is 0 Å². The summed E-state index contributed by atoms with van der Waals surface area (Å²) in [6, 6.07) is 17.9. The molecule has 0 spiro atoms. The van der Waals surface area contributed by atoms with E-state index in [0.29, 0.717) is 16.9 Å². The first-order valence-electron chi connectivity index (χ1n) is 15.1. The van der Waals surface area contributed by atoms with E-state index < -0.39 is 48.5 Å². The minimum atomic E-state index is -1.96. The van der Waals surface area contributed by atoms with Crippen molar-refractivity contribution in [2.45, 2.75) is 37.1 Å². The number of carbonyl (C=O) groups is 3. The minimum Gasteiger partial charge on any atom is -0.497 e. The number of aliphatic hydroxyl groups excluding tert-OH is 3. The van der Waals surface area contributed by atoms with Crippen molar-refractivity contribution < 1.29 is 49.0 Å². The lowest BCUT2D eigenvalue weighted by molar-refractivity contribution is -0.274. The summed E-state index contributed by atoms with van der Waals surface area (Å²) >= 11 is 0. The predicted molar refractivity (Wildman–Crippen MR) is 171 cm³/mol. The number of rotatable bonds is 9. The van der Waals surface area contributed by atoms with Gasteiger partial charge in [-0.05, 0) is 80.7 Å². The summed E-state index contributed by atoms with van der Waals surface area (Å²) in [5.74, 6) is -2.20. The van der Waals surface area contributed by atoms with Crippen molar-refractivity contribution in [1.82, 2.24) is 4.90 Å². The van der Waals surface area contributed by atoms with Gasteiger partial charge in [0.2, 0.25) is 0 Å². The largest absolute Gasteiger partial charge is 0.497 e. The molecule has 0 unspecified atom stereocenters. The number of aliphatic carboxylic acids is 1. The highest BCUT2D eigenvalue weighted by Gasteiger charge is 2.48. The molecule has 0 radical (unpaired) electrons. The number of hydrogen-bond donors (Lipinski definition) is 6. The summed E-state index contributed by atoms with van der Waals surface area (Å²) in [6.45, 7) is 3.68. The number of nitrogens with zero attached hydrogens (tertiary/aromatic N) is 2. The minimum absolute atomic E-state index is 0.0201. The van der Waals surface area contributed by atoms with Crippen LogP contribution in [0.4, 0.5) is 17.1 Å². The first kappa shape index (κ1) is 33.6. The average molecular weight is 651 g/mol. The zero-order valence-electron chi connectivity index (χ0n) is 25.9. The van der Waals surface area contributed by atoms with Crippen LogP contribution in [0.3, 0.4) is 0 Å². The van der Waals surface area contributed by atoms with E-state index in [4.69, 9.17) is 14.2 Å². The van der Waals surface area contributed by atoms with Crippen molar-refractivity contribution in [3.63, 3.8) is 0 Å². The second kappa shape index (κ2) is 14.8. The molecule has 2 aliphatic heterocycles. The van der Waals surface area contributed by atoms with Gasteiger partial charge in [0.1, 0.15) is 29.4 Å². The number of nitrogens with one attached hydrogen (secondary N) is 2. The molecular formula is C33H38N4O10. The molecule has 0 saturated carbocycles. The number of ether oxygens (including phenoxy) is 3. The van der Waals surface area contributed by atoms with E-state index in [1.165, 1.54) is 25.3 Å². The predicted octanol–water partition coefficient (Wildman–Crippen LogP) is 1.61. The van der Waals surface area contributed by atoms with Gasteiger partial charge in [-0.15, -0.1) is 0 Å². The first-order valence-corrected chi connectivity index (χ1v) is 15.1. The highest BCUT2D eigenvalue weighted by molar-refractivity contribution is 6.11. The Balaban J connectivity index is 1.42. The highest BCUT2D eigenvalue weighted by Crippen LogP contribution is 2.36. The van der Waals surface area contributed by atoms with Crippen molar-refractivity contribution in [3.8, 4) is 11.5 Å². The van der Waals surface area contributed by atoms with Gasteiger partial charge >= 0.3 is 5.97 Å². The van der Waals surface area contributed by atoms with Crippen molar-refractivity contribution in [1.29, 1.82) is 0 Å². The van der Waals surface area contributed by atoms with E-state index in [1.807, 2.05) is 12.1 Å². The molecule has 0 aliphatic carbocycles. The second-order valence-corrected chi connectivity index (χ2v) is 11.4. The third-order valence-corrected chi connectivity index (χ3v) is 8.15. The maximum atomic E-state index is 13.6. The summed E-state index contributed by atoms with van der Waals surface area (Å²) in [4.78, 5) is 42.7. The Kier molecular flexibility index (Phi) is 10.6. The molecule has 0 aromatic heterocycles. The molecule has 2 saturated heterocycles. The number of anilines is 3. The summed E-state index contributed by atoms with van der Waals surface area (Å²) in [5, 5.41) is 46.3. The Morgan fingerprint density at radius 1 is 0.830 bits per heavy atom. The summed E-state index contributed by atoms with van der Waals surface area (Å²) in [7, 11) is 3.59. The monoisotopic (exact) mass is 650 g/mol. The molecule has 3 aromatic rings. The molecular weight excluding hydrogens is 612 g/mol. The maximum absolute atomic E-state index is 13.6. The van der Waals surface area contributed by atoms with Crippen LogP contribution in [-0.4, -0.2) is 114 Å². The van der Waals surface area contributed by atoms with Crippen molar-refractivity contribution >= 4 is 34.8 Å². The van der Waals surface area contributed by atoms with Crippen molar-refractivity contribution in [2.75, 3.05) is 55.9 Å². The quantitative estimate of drug-likeness (QED) is 0.197. The van der Waals surface area contributed by atoms with Gasteiger partial charge in [-0.25, -0.2) is 4.79 Å². The normalized spacial score (nSPS) is 23.3. The van der Waals surface area contributed by atoms with Gasteiger partial charge in [-0.1, -0.05) is 6.07 Å². The molecule has 2 amide bonds. The Morgan fingerprint density at radius 3 is 2.15 bits per heavy atom. The second-order valence-electron chi connectivity index (χ2n) is 11.4. The topological polar surface area (TPSA) is 190 Å². The Bertz CT molecular complexity index is 1570. The lowest BCUT2D eigenvalue weighted by atomic mass is 9.98. The molecule has 250 valence electrons. The highest BCUT2D eigenvalue weighted by atomic mass is 16.7. The van der Waals surface area contributed by atoms with Crippen LogP contribution in [0.2, 0.25) is 0 Å². The average Bonchev–Trinajstić information content (AvgIpc) is 3.30. The van der Waals surface area contributed by atoms with Gasteiger partial charge < -0.3 is 55.1 Å². The molecule has 5 atom stereocenters. The van der Waals surface area contributed by atoms with Crippen LogP contribution < -0.4 is 25.0 Å². The fourth-order valence-corrected chi connectivity index (χ4v) is 5.44. The molecule has 2 heterocycles. The molecule has 14 nitrogen and oxygen atoms in total. The fraction of sp³-hybridized carbons (Fsp3) is 0.364. The van der Waals surface area contributed by atoms with Crippen LogP contribution in [0.5, 0.6) is 11.5 Å². The van der Waals surface area contributed by atoms with Crippen molar-refractivity contribution in [3.05, 3.63) is 77.9 Å². The van der Waals surface area contributed by atoms with Crippen molar-refractivity contribution in [2.24, 2.45) is 0 Å². The van der Waals surface area contributed by atoms with E-state index in [0.717, 1.165) is 38.3 Å². The Morgan fingerprint density at radius 2 is 1.49 bits per heavy atom. The van der Waals surface area contributed by atoms with Gasteiger partial charge in [-0.2, -0.15) is 0 Å². The number of hydrogen-bond acceptors (Lipinski definition) is 11.